The van der Waals surface area contributed by atoms with Gasteiger partial charge in [0.25, 0.3) is 0 Å². The molecule has 1 aromatic carbocycles. The summed E-state index contributed by atoms with van der Waals surface area (Å²) in [4.78, 5) is 61.6. The lowest BCUT2D eigenvalue weighted by Crippen LogP contribution is -2.58. The van der Waals surface area contributed by atoms with Crippen LogP contribution >= 0.6 is 23.5 Å². The lowest BCUT2D eigenvalue weighted by atomic mass is 10.0. The maximum atomic E-state index is 13.0. The van der Waals surface area contributed by atoms with Crippen molar-refractivity contribution in [2.24, 2.45) is 11.5 Å². The first-order chi connectivity index (χ1) is 17.1. The number of carbonyl (C=O) groups is 5. The molecule has 36 heavy (non-hydrogen) atoms. The Morgan fingerprint density at radius 3 is 1.86 bits per heavy atom. The highest BCUT2D eigenvalue weighted by atomic mass is 32.2. The predicted molar refractivity (Wildman–Crippen MR) is 141 cm³/mol. The van der Waals surface area contributed by atoms with E-state index in [1.165, 1.54) is 23.5 Å². The van der Waals surface area contributed by atoms with Crippen molar-refractivity contribution >= 4 is 53.1 Å². The average Bonchev–Trinajstić information content (AvgIpc) is 2.83. The predicted octanol–water partition coefficient (Wildman–Crippen LogP) is -0.523. The highest BCUT2D eigenvalue weighted by Crippen LogP contribution is 2.07. The summed E-state index contributed by atoms with van der Waals surface area (Å²) in [6.45, 7) is 0. The Morgan fingerprint density at radius 1 is 0.833 bits per heavy atom. The summed E-state index contributed by atoms with van der Waals surface area (Å²) < 4.78 is 0. The van der Waals surface area contributed by atoms with Gasteiger partial charge in [0, 0.05) is 0 Å². The van der Waals surface area contributed by atoms with Gasteiger partial charge in [-0.15, -0.1) is 0 Å². The van der Waals surface area contributed by atoms with Crippen LogP contribution < -0.4 is 27.4 Å². The van der Waals surface area contributed by atoms with Gasteiger partial charge in [-0.1, -0.05) is 30.3 Å². The number of thioether (sulfide) groups is 2. The van der Waals surface area contributed by atoms with Crippen molar-refractivity contribution in [2.45, 2.75) is 49.9 Å². The van der Waals surface area contributed by atoms with Crippen LogP contribution in [0.4, 0.5) is 0 Å². The fraction of sp³-hybridized carbons (Fsp3) is 0.522. The molecule has 0 aliphatic heterocycles. The SMILES string of the molecule is CSCCC(NC(=O)C(CCSC)NC(=O)C(CC(N)=O)NC(=O)C(N)Cc1ccccc1)C(=O)O. The Morgan fingerprint density at radius 2 is 1.33 bits per heavy atom. The zero-order valence-electron chi connectivity index (χ0n) is 20.4. The van der Waals surface area contributed by atoms with E-state index in [-0.39, 0.29) is 19.3 Å². The second-order valence-corrected chi connectivity index (χ2v) is 10.0. The van der Waals surface area contributed by atoms with Crippen molar-refractivity contribution < 1.29 is 29.1 Å². The van der Waals surface area contributed by atoms with Crippen molar-refractivity contribution in [2.75, 3.05) is 24.0 Å². The fourth-order valence-corrected chi connectivity index (χ4v) is 4.13. The summed E-state index contributed by atoms with van der Waals surface area (Å²) >= 11 is 2.88. The number of aliphatic carboxylic acids is 1. The Kier molecular flexibility index (Phi) is 14.6. The van der Waals surface area contributed by atoms with E-state index < -0.39 is 60.2 Å². The molecule has 4 amide bonds. The number of amides is 4. The molecular formula is C23H35N5O6S2. The molecule has 4 unspecified atom stereocenters. The Hall–Kier alpha value is -2.77. The Bertz CT molecular complexity index is 889. The molecule has 4 atom stereocenters. The van der Waals surface area contributed by atoms with Gasteiger partial charge in [-0.3, -0.25) is 19.2 Å². The standard InChI is InChI=1S/C23H35N5O6S2/c1-35-10-8-16(21(31)27-17(23(33)34)9-11-36-2)26-22(32)18(13-19(25)29)28-20(30)15(24)12-14-6-4-3-5-7-14/h3-7,15-18H,8-13,24H2,1-2H3,(H2,25,29)(H,26,32)(H,27,31)(H,28,30)(H,33,34). The van der Waals surface area contributed by atoms with E-state index in [1.54, 1.807) is 24.3 Å². The third kappa shape index (κ3) is 11.8. The van der Waals surface area contributed by atoms with Gasteiger partial charge >= 0.3 is 5.97 Å². The zero-order chi connectivity index (χ0) is 27.1. The topological polar surface area (TPSA) is 194 Å². The molecule has 0 fully saturated rings. The lowest BCUT2D eigenvalue weighted by Gasteiger charge is -2.24. The normalized spacial score (nSPS) is 14.1. The molecule has 200 valence electrons. The van der Waals surface area contributed by atoms with Crippen LogP contribution in [-0.2, 0) is 30.4 Å². The average molecular weight is 542 g/mol. The second kappa shape index (κ2) is 16.8. The van der Waals surface area contributed by atoms with Crippen LogP contribution in [0.1, 0.15) is 24.8 Å². The zero-order valence-corrected chi connectivity index (χ0v) is 22.0. The number of primary amides is 1. The van der Waals surface area contributed by atoms with Gasteiger partial charge in [0.15, 0.2) is 0 Å². The first-order valence-corrected chi connectivity index (χ1v) is 14.1. The lowest BCUT2D eigenvalue weighted by molar-refractivity contribution is -0.142. The summed E-state index contributed by atoms with van der Waals surface area (Å²) in [5.41, 5.74) is 12.1. The molecular weight excluding hydrogens is 506 g/mol. The number of carboxylic acid groups (broad SMARTS) is 1. The minimum absolute atomic E-state index is 0.207. The van der Waals surface area contributed by atoms with E-state index in [4.69, 9.17) is 11.5 Å². The van der Waals surface area contributed by atoms with Gasteiger partial charge in [-0.2, -0.15) is 23.5 Å². The molecule has 0 heterocycles. The summed E-state index contributed by atoms with van der Waals surface area (Å²) in [6.07, 6.45) is 3.77. The van der Waals surface area contributed by atoms with Crippen LogP contribution in [0.2, 0.25) is 0 Å². The maximum absolute atomic E-state index is 13.0. The number of hydrogen-bond acceptors (Lipinski definition) is 8. The van der Waals surface area contributed by atoms with E-state index in [0.29, 0.717) is 11.5 Å². The van der Waals surface area contributed by atoms with E-state index in [2.05, 4.69) is 16.0 Å². The first-order valence-electron chi connectivity index (χ1n) is 11.3. The van der Waals surface area contributed by atoms with Crippen LogP contribution in [0.3, 0.4) is 0 Å². The molecule has 1 aromatic rings. The van der Waals surface area contributed by atoms with Gasteiger partial charge in [-0.25, -0.2) is 4.79 Å². The molecule has 0 aliphatic rings. The molecule has 8 N–H and O–H groups in total. The summed E-state index contributed by atoms with van der Waals surface area (Å²) in [6, 6.07) is 4.51. The van der Waals surface area contributed by atoms with Crippen molar-refractivity contribution in [1.82, 2.24) is 16.0 Å². The second-order valence-electron chi connectivity index (χ2n) is 8.05. The fourth-order valence-electron chi connectivity index (χ4n) is 3.19. The van der Waals surface area contributed by atoms with Gasteiger partial charge in [0.1, 0.15) is 18.1 Å². The van der Waals surface area contributed by atoms with Crippen molar-refractivity contribution in [1.29, 1.82) is 0 Å². The molecule has 13 heteroatoms. The summed E-state index contributed by atoms with van der Waals surface area (Å²) in [5.74, 6) is -3.13. The molecule has 0 aliphatic carbocycles. The van der Waals surface area contributed by atoms with Crippen molar-refractivity contribution in [3.8, 4) is 0 Å². The van der Waals surface area contributed by atoms with Gasteiger partial charge < -0.3 is 32.5 Å². The highest BCUT2D eigenvalue weighted by Gasteiger charge is 2.31. The number of hydrogen-bond donors (Lipinski definition) is 6. The number of nitrogens with one attached hydrogen (secondary N) is 3. The van der Waals surface area contributed by atoms with Crippen molar-refractivity contribution in [3.63, 3.8) is 0 Å². The van der Waals surface area contributed by atoms with Crippen LogP contribution in [0, 0.1) is 0 Å². The third-order valence-corrected chi connectivity index (χ3v) is 6.43. The summed E-state index contributed by atoms with van der Waals surface area (Å²) in [5, 5.41) is 16.8. The van der Waals surface area contributed by atoms with E-state index >= 15 is 0 Å². The van der Waals surface area contributed by atoms with Gasteiger partial charge in [0.2, 0.25) is 23.6 Å². The molecule has 1 rings (SSSR count). The molecule has 11 nitrogen and oxygen atoms in total. The molecule has 0 spiro atoms. The largest absolute Gasteiger partial charge is 0.480 e. The van der Waals surface area contributed by atoms with E-state index in [0.717, 1.165) is 5.56 Å². The Labute approximate surface area is 219 Å². The van der Waals surface area contributed by atoms with Crippen LogP contribution in [0.5, 0.6) is 0 Å². The third-order valence-electron chi connectivity index (χ3n) is 5.14. The number of carbonyl (C=O) groups excluding carboxylic acids is 4. The number of carboxylic acids is 1. The maximum Gasteiger partial charge on any atom is 0.326 e. The molecule has 0 radical (unpaired) electrons. The van der Waals surface area contributed by atoms with Crippen molar-refractivity contribution in [3.05, 3.63) is 35.9 Å². The molecule has 0 aromatic heterocycles. The van der Waals surface area contributed by atoms with Crippen LogP contribution in [-0.4, -0.2) is 82.9 Å². The molecule has 0 saturated heterocycles. The molecule has 0 bridgehead atoms. The minimum atomic E-state index is -1.35. The first kappa shape index (κ1) is 31.3. The quantitative estimate of drug-likeness (QED) is 0.150. The minimum Gasteiger partial charge on any atom is -0.480 e. The number of nitrogens with two attached hydrogens (primary N) is 2. The molecule has 0 saturated carbocycles. The number of benzene rings is 1. The van der Waals surface area contributed by atoms with Gasteiger partial charge in [-0.05, 0) is 48.8 Å². The van der Waals surface area contributed by atoms with E-state index in [1.807, 2.05) is 18.6 Å². The van der Waals surface area contributed by atoms with Crippen LogP contribution in [0.25, 0.3) is 0 Å². The smallest absolute Gasteiger partial charge is 0.326 e. The number of rotatable bonds is 17. The van der Waals surface area contributed by atoms with E-state index in [9.17, 15) is 29.1 Å². The Balaban J connectivity index is 2.93. The van der Waals surface area contributed by atoms with Gasteiger partial charge in [0.05, 0.1) is 12.5 Å². The monoisotopic (exact) mass is 541 g/mol. The highest BCUT2D eigenvalue weighted by molar-refractivity contribution is 7.98. The summed E-state index contributed by atoms with van der Waals surface area (Å²) in [7, 11) is 0. The van der Waals surface area contributed by atoms with Crippen LogP contribution in [0.15, 0.2) is 30.3 Å².